The molecule has 0 aliphatic carbocycles. The summed E-state index contributed by atoms with van der Waals surface area (Å²) in [6.45, 7) is 1.43. The molecule has 0 unspecified atom stereocenters. The van der Waals surface area contributed by atoms with Crippen molar-refractivity contribution in [1.29, 1.82) is 0 Å². The first-order valence-corrected chi connectivity index (χ1v) is 8.97. The Kier molecular flexibility index (Phi) is 4.98. The number of allylic oxidation sites excluding steroid dienone is 1. The highest BCUT2D eigenvalue weighted by Gasteiger charge is 2.06. The number of thiazole rings is 1. The van der Waals surface area contributed by atoms with Gasteiger partial charge in [-0.15, -0.1) is 22.7 Å². The molecule has 0 saturated carbocycles. The van der Waals surface area contributed by atoms with E-state index in [1.807, 2.05) is 22.9 Å². The van der Waals surface area contributed by atoms with Crippen molar-refractivity contribution in [1.82, 2.24) is 4.98 Å². The number of amides is 1. The Morgan fingerprint density at radius 1 is 1.17 bits per heavy atom. The molecule has 24 heavy (non-hydrogen) atoms. The summed E-state index contributed by atoms with van der Waals surface area (Å²) in [6, 6.07) is 10.9. The molecule has 0 spiro atoms. The molecule has 0 aliphatic rings. The van der Waals surface area contributed by atoms with Crippen molar-refractivity contribution in [2.24, 2.45) is 0 Å². The number of anilines is 1. The van der Waals surface area contributed by atoms with Crippen molar-refractivity contribution in [3.63, 3.8) is 0 Å². The minimum Gasteiger partial charge on any atom is -0.326 e. The predicted molar refractivity (Wildman–Crippen MR) is 99.5 cm³/mol. The highest BCUT2D eigenvalue weighted by molar-refractivity contribution is 7.20. The predicted octanol–water partition coefficient (Wildman–Crippen LogP) is 4.73. The van der Waals surface area contributed by atoms with Gasteiger partial charge in [-0.1, -0.05) is 18.2 Å². The van der Waals surface area contributed by atoms with Gasteiger partial charge in [0.2, 0.25) is 5.91 Å². The van der Waals surface area contributed by atoms with Crippen LogP contribution in [0.15, 0.2) is 53.2 Å². The van der Waals surface area contributed by atoms with Crippen LogP contribution < -0.4 is 5.32 Å². The van der Waals surface area contributed by atoms with Crippen molar-refractivity contribution in [3.8, 4) is 9.88 Å². The molecule has 3 rings (SSSR count). The zero-order valence-corrected chi connectivity index (χ0v) is 14.5. The molecule has 2 heterocycles. The van der Waals surface area contributed by atoms with Crippen molar-refractivity contribution >= 4 is 46.1 Å². The Morgan fingerprint density at radius 3 is 2.79 bits per heavy atom. The van der Waals surface area contributed by atoms with Crippen LogP contribution in [0.4, 0.5) is 5.69 Å². The van der Waals surface area contributed by atoms with Gasteiger partial charge >= 0.3 is 0 Å². The van der Waals surface area contributed by atoms with Gasteiger partial charge in [-0.3, -0.25) is 9.59 Å². The maximum Gasteiger partial charge on any atom is 0.221 e. The molecular weight excluding hydrogens is 340 g/mol. The number of rotatable bonds is 5. The largest absolute Gasteiger partial charge is 0.326 e. The number of hydrogen-bond acceptors (Lipinski definition) is 5. The van der Waals surface area contributed by atoms with Gasteiger partial charge in [0.05, 0.1) is 10.6 Å². The van der Waals surface area contributed by atoms with Crippen LogP contribution in [0.3, 0.4) is 0 Å². The number of ketones is 1. The Bertz CT molecular complexity index is 895. The lowest BCUT2D eigenvalue weighted by atomic mass is 10.1. The Morgan fingerprint density at radius 2 is 2.04 bits per heavy atom. The average Bonchev–Trinajstić information content (AvgIpc) is 3.23. The number of hydrogen-bond donors (Lipinski definition) is 1. The fourth-order valence-corrected chi connectivity index (χ4v) is 3.69. The maximum atomic E-state index is 12.3. The number of nitrogens with one attached hydrogen (secondary N) is 1. The standard InChI is InChI=1S/C18H14N2O2S2/c1-12(21)19-14-5-2-4-13(10-14)16(22)8-7-15-11-24-18(20-15)17-6-3-9-23-17/h2-11H,1H3,(H,19,21)/b8-7-. The number of nitrogens with zero attached hydrogens (tertiary/aromatic N) is 1. The Hall–Kier alpha value is -2.57. The van der Waals surface area contributed by atoms with Crippen LogP contribution >= 0.6 is 22.7 Å². The highest BCUT2D eigenvalue weighted by atomic mass is 32.1. The second kappa shape index (κ2) is 7.33. The fourth-order valence-electron chi connectivity index (χ4n) is 2.09. The first-order valence-electron chi connectivity index (χ1n) is 7.21. The van der Waals surface area contributed by atoms with E-state index in [-0.39, 0.29) is 11.7 Å². The summed E-state index contributed by atoms with van der Waals surface area (Å²) in [5.41, 5.74) is 1.89. The van der Waals surface area contributed by atoms with Gasteiger partial charge in [-0.05, 0) is 35.7 Å². The fraction of sp³-hybridized carbons (Fsp3) is 0.0556. The normalized spacial score (nSPS) is 10.9. The van der Waals surface area contributed by atoms with Crippen molar-refractivity contribution in [2.45, 2.75) is 6.92 Å². The summed E-state index contributed by atoms with van der Waals surface area (Å²) in [6.07, 6.45) is 3.21. The van der Waals surface area contributed by atoms with Gasteiger partial charge < -0.3 is 5.32 Å². The van der Waals surface area contributed by atoms with Crippen LogP contribution in [0, 0.1) is 0 Å². The molecule has 6 heteroatoms. The summed E-state index contributed by atoms with van der Waals surface area (Å²) in [5.74, 6) is -0.299. The molecular formula is C18H14N2O2S2. The zero-order chi connectivity index (χ0) is 16.9. The molecule has 0 bridgehead atoms. The van der Waals surface area contributed by atoms with E-state index in [1.165, 1.54) is 13.0 Å². The van der Waals surface area contributed by atoms with E-state index < -0.39 is 0 Å². The lowest BCUT2D eigenvalue weighted by Crippen LogP contribution is -2.06. The van der Waals surface area contributed by atoms with Crippen LogP contribution in [0.5, 0.6) is 0 Å². The lowest BCUT2D eigenvalue weighted by Gasteiger charge is -2.03. The quantitative estimate of drug-likeness (QED) is 0.532. The molecule has 0 saturated heterocycles. The number of thiophene rings is 1. The van der Waals surface area contributed by atoms with Gasteiger partial charge in [0, 0.05) is 23.6 Å². The third-order valence-electron chi connectivity index (χ3n) is 3.13. The number of carbonyl (C=O) groups is 2. The Balaban J connectivity index is 1.72. The van der Waals surface area contributed by atoms with Gasteiger partial charge in [-0.2, -0.15) is 0 Å². The molecule has 1 aromatic carbocycles. The monoisotopic (exact) mass is 354 g/mol. The molecule has 120 valence electrons. The molecule has 0 radical (unpaired) electrons. The molecule has 3 aromatic rings. The van der Waals surface area contributed by atoms with Gasteiger partial charge in [0.15, 0.2) is 5.78 Å². The number of aromatic nitrogens is 1. The number of carbonyl (C=O) groups excluding carboxylic acids is 2. The first-order chi connectivity index (χ1) is 11.6. The van der Waals surface area contributed by atoms with Crippen molar-refractivity contribution in [3.05, 3.63) is 64.5 Å². The summed E-state index contributed by atoms with van der Waals surface area (Å²) in [7, 11) is 0. The van der Waals surface area contributed by atoms with Crippen molar-refractivity contribution < 1.29 is 9.59 Å². The number of benzene rings is 1. The Labute approximate surface area is 147 Å². The van der Waals surface area contributed by atoms with E-state index >= 15 is 0 Å². The van der Waals surface area contributed by atoms with Crippen LogP contribution in [0.25, 0.3) is 16.0 Å². The molecule has 0 fully saturated rings. The molecule has 1 N–H and O–H groups in total. The van der Waals surface area contributed by atoms with Gasteiger partial charge in [0.1, 0.15) is 5.01 Å². The van der Waals surface area contributed by atoms with Crippen LogP contribution in [-0.4, -0.2) is 16.7 Å². The highest BCUT2D eigenvalue weighted by Crippen LogP contribution is 2.28. The zero-order valence-electron chi connectivity index (χ0n) is 12.9. The molecule has 0 atom stereocenters. The van der Waals surface area contributed by atoms with Gasteiger partial charge in [0.25, 0.3) is 0 Å². The SMILES string of the molecule is CC(=O)Nc1cccc(C(=O)/C=C\c2csc(-c3cccs3)n2)c1. The van der Waals surface area contributed by atoms with Crippen LogP contribution in [-0.2, 0) is 4.79 Å². The second-order valence-electron chi connectivity index (χ2n) is 5.01. The third-order valence-corrected chi connectivity index (χ3v) is 5.03. The second-order valence-corrected chi connectivity index (χ2v) is 6.82. The van der Waals surface area contributed by atoms with E-state index in [0.717, 1.165) is 15.6 Å². The molecule has 1 amide bonds. The lowest BCUT2D eigenvalue weighted by molar-refractivity contribution is -0.114. The third kappa shape index (κ3) is 4.04. The summed E-state index contributed by atoms with van der Waals surface area (Å²) < 4.78 is 0. The van der Waals surface area contributed by atoms with E-state index in [9.17, 15) is 9.59 Å². The molecule has 4 nitrogen and oxygen atoms in total. The van der Waals surface area contributed by atoms with E-state index in [2.05, 4.69) is 10.3 Å². The summed E-state index contributed by atoms with van der Waals surface area (Å²) in [5, 5.41) is 7.55. The topological polar surface area (TPSA) is 59.1 Å². The summed E-state index contributed by atoms with van der Waals surface area (Å²) >= 11 is 3.19. The maximum absolute atomic E-state index is 12.3. The minimum atomic E-state index is -0.168. The molecule has 0 aliphatic heterocycles. The minimum absolute atomic E-state index is 0.132. The van der Waals surface area contributed by atoms with E-state index in [0.29, 0.717) is 11.3 Å². The average molecular weight is 354 g/mol. The van der Waals surface area contributed by atoms with Gasteiger partial charge in [-0.25, -0.2) is 4.98 Å². The first kappa shape index (κ1) is 16.3. The van der Waals surface area contributed by atoms with E-state index in [4.69, 9.17) is 0 Å². The van der Waals surface area contributed by atoms with Crippen LogP contribution in [0.1, 0.15) is 23.0 Å². The molecule has 2 aromatic heterocycles. The van der Waals surface area contributed by atoms with Crippen molar-refractivity contribution in [2.75, 3.05) is 5.32 Å². The van der Waals surface area contributed by atoms with Crippen LogP contribution in [0.2, 0.25) is 0 Å². The smallest absolute Gasteiger partial charge is 0.221 e. The summed E-state index contributed by atoms with van der Waals surface area (Å²) in [4.78, 5) is 29.0. The van der Waals surface area contributed by atoms with E-state index in [1.54, 1.807) is 53.0 Å².